The molecule has 0 radical (unpaired) electrons. The molecule has 5 nitrogen and oxygen atoms in total. The van der Waals surface area contributed by atoms with Crippen LogP contribution < -0.4 is 10.9 Å². The Morgan fingerprint density at radius 2 is 2.11 bits per heavy atom. The van der Waals surface area contributed by atoms with Gasteiger partial charge >= 0.3 is 0 Å². The molecule has 100 valence electrons. The molecule has 0 aliphatic rings. The molecular weight excluding hydrogens is 266 g/mol. The minimum absolute atomic E-state index is 0.0619. The maximum atomic E-state index is 11.7. The molecule has 0 amide bonds. The van der Waals surface area contributed by atoms with Crippen LogP contribution in [-0.2, 0) is 7.05 Å². The van der Waals surface area contributed by atoms with E-state index in [2.05, 4.69) is 10.4 Å². The third kappa shape index (κ3) is 2.94. The fraction of sp³-hybridized carbons (Fsp3) is 0.231. The fourth-order valence-corrected chi connectivity index (χ4v) is 1.94. The van der Waals surface area contributed by atoms with Crippen LogP contribution in [0.5, 0.6) is 0 Å². The van der Waals surface area contributed by atoms with Gasteiger partial charge in [0.15, 0.2) is 0 Å². The van der Waals surface area contributed by atoms with Crippen LogP contribution in [0.15, 0.2) is 41.3 Å². The van der Waals surface area contributed by atoms with E-state index in [9.17, 15) is 9.90 Å². The van der Waals surface area contributed by atoms with Crippen molar-refractivity contribution in [2.45, 2.75) is 6.04 Å². The number of benzene rings is 1. The molecule has 0 bridgehead atoms. The Morgan fingerprint density at radius 3 is 2.74 bits per heavy atom. The van der Waals surface area contributed by atoms with E-state index in [1.54, 1.807) is 0 Å². The number of nitrogens with one attached hydrogen (secondary N) is 1. The number of hydrogen-bond donors (Lipinski definition) is 2. The second-order valence-corrected chi connectivity index (χ2v) is 4.47. The molecule has 19 heavy (non-hydrogen) atoms. The second-order valence-electron chi connectivity index (χ2n) is 4.09. The molecule has 0 aliphatic carbocycles. The first-order valence-electron chi connectivity index (χ1n) is 5.77. The second kappa shape index (κ2) is 5.86. The maximum absolute atomic E-state index is 11.7. The Kier molecular flexibility index (Phi) is 4.19. The number of aromatic nitrogens is 2. The summed E-state index contributed by atoms with van der Waals surface area (Å²) in [4.78, 5) is 11.7. The van der Waals surface area contributed by atoms with Crippen LogP contribution in [0.2, 0.25) is 5.02 Å². The lowest BCUT2D eigenvalue weighted by Gasteiger charge is -2.18. The minimum Gasteiger partial charge on any atom is -0.394 e. The Bertz CT molecular complexity index is 613. The first kappa shape index (κ1) is 13.6. The van der Waals surface area contributed by atoms with Gasteiger partial charge in [-0.3, -0.25) is 4.79 Å². The van der Waals surface area contributed by atoms with E-state index >= 15 is 0 Å². The monoisotopic (exact) mass is 279 g/mol. The Hall–Kier alpha value is -1.85. The Labute approximate surface area is 115 Å². The van der Waals surface area contributed by atoms with Gasteiger partial charge in [-0.05, 0) is 5.56 Å². The van der Waals surface area contributed by atoms with Gasteiger partial charge in [0.05, 0.1) is 24.5 Å². The summed E-state index contributed by atoms with van der Waals surface area (Å²) < 4.78 is 1.16. The van der Waals surface area contributed by atoms with Gasteiger partial charge in [0.1, 0.15) is 5.02 Å². The molecule has 0 spiro atoms. The van der Waals surface area contributed by atoms with Crippen LogP contribution in [0.3, 0.4) is 0 Å². The molecule has 1 atom stereocenters. The van der Waals surface area contributed by atoms with Gasteiger partial charge in [-0.1, -0.05) is 41.9 Å². The summed E-state index contributed by atoms with van der Waals surface area (Å²) >= 11 is 5.97. The van der Waals surface area contributed by atoms with Gasteiger partial charge < -0.3 is 10.4 Å². The average molecular weight is 280 g/mol. The number of aliphatic hydroxyl groups excluding tert-OH is 1. The van der Waals surface area contributed by atoms with Crippen molar-refractivity contribution >= 4 is 17.3 Å². The van der Waals surface area contributed by atoms with E-state index in [-0.39, 0.29) is 23.2 Å². The maximum Gasteiger partial charge on any atom is 0.287 e. The third-order valence-electron chi connectivity index (χ3n) is 2.79. The van der Waals surface area contributed by atoms with Gasteiger partial charge in [-0.15, -0.1) is 0 Å². The van der Waals surface area contributed by atoms with E-state index in [1.165, 1.54) is 13.2 Å². The largest absolute Gasteiger partial charge is 0.394 e. The summed E-state index contributed by atoms with van der Waals surface area (Å²) in [5, 5.41) is 16.4. The number of rotatable bonds is 4. The normalized spacial score (nSPS) is 12.2. The van der Waals surface area contributed by atoms with Crippen LogP contribution in [0, 0.1) is 0 Å². The highest BCUT2D eigenvalue weighted by molar-refractivity contribution is 6.32. The van der Waals surface area contributed by atoms with Crippen molar-refractivity contribution in [1.29, 1.82) is 0 Å². The summed E-state index contributed by atoms with van der Waals surface area (Å²) in [6.07, 6.45) is 1.47. The van der Waals surface area contributed by atoms with Crippen LogP contribution in [0.4, 0.5) is 5.69 Å². The number of nitrogens with zero attached hydrogens (tertiary/aromatic N) is 2. The van der Waals surface area contributed by atoms with Crippen LogP contribution in [0.25, 0.3) is 0 Å². The van der Waals surface area contributed by atoms with Crippen molar-refractivity contribution in [3.8, 4) is 0 Å². The molecule has 2 rings (SSSR count). The van der Waals surface area contributed by atoms with Crippen molar-refractivity contribution in [3.05, 3.63) is 57.5 Å². The number of hydrogen-bond acceptors (Lipinski definition) is 4. The van der Waals surface area contributed by atoms with E-state index < -0.39 is 0 Å². The van der Waals surface area contributed by atoms with Gasteiger partial charge in [-0.25, -0.2) is 4.68 Å². The zero-order valence-electron chi connectivity index (χ0n) is 10.4. The lowest BCUT2D eigenvalue weighted by molar-refractivity contribution is 0.276. The fourth-order valence-electron chi connectivity index (χ4n) is 1.72. The van der Waals surface area contributed by atoms with Crippen molar-refractivity contribution in [2.24, 2.45) is 7.05 Å². The summed E-state index contributed by atoms with van der Waals surface area (Å²) in [6, 6.07) is 9.08. The molecule has 0 saturated heterocycles. The zero-order valence-corrected chi connectivity index (χ0v) is 11.1. The molecule has 2 aromatic rings. The van der Waals surface area contributed by atoms with Crippen molar-refractivity contribution < 1.29 is 5.11 Å². The number of aliphatic hydroxyl groups is 1. The van der Waals surface area contributed by atoms with Crippen molar-refractivity contribution in [3.63, 3.8) is 0 Å². The smallest absolute Gasteiger partial charge is 0.287 e. The van der Waals surface area contributed by atoms with Gasteiger partial charge in [0, 0.05) is 7.05 Å². The molecule has 6 heteroatoms. The van der Waals surface area contributed by atoms with Gasteiger partial charge in [0.25, 0.3) is 5.56 Å². The number of halogens is 1. The van der Waals surface area contributed by atoms with E-state index in [4.69, 9.17) is 11.6 Å². The lowest BCUT2D eigenvalue weighted by Crippen LogP contribution is -2.23. The van der Waals surface area contributed by atoms with E-state index in [0.29, 0.717) is 5.69 Å². The lowest BCUT2D eigenvalue weighted by atomic mass is 10.1. The molecule has 0 aliphatic heterocycles. The predicted molar refractivity (Wildman–Crippen MR) is 74.4 cm³/mol. The summed E-state index contributed by atoms with van der Waals surface area (Å²) in [6.45, 7) is -0.116. The van der Waals surface area contributed by atoms with Crippen LogP contribution in [0.1, 0.15) is 11.6 Å². The molecule has 1 unspecified atom stereocenters. The third-order valence-corrected chi connectivity index (χ3v) is 3.16. The molecule has 0 fully saturated rings. The highest BCUT2D eigenvalue weighted by Gasteiger charge is 2.14. The SMILES string of the molecule is Cn1ncc(NC(CO)c2ccccc2)c(Cl)c1=O. The molecule has 1 aromatic heterocycles. The van der Waals surface area contributed by atoms with Crippen LogP contribution >= 0.6 is 11.6 Å². The zero-order chi connectivity index (χ0) is 13.8. The molecule has 0 saturated carbocycles. The highest BCUT2D eigenvalue weighted by Crippen LogP contribution is 2.22. The van der Waals surface area contributed by atoms with E-state index in [0.717, 1.165) is 10.2 Å². The van der Waals surface area contributed by atoms with Gasteiger partial charge in [-0.2, -0.15) is 5.10 Å². The number of anilines is 1. The Balaban J connectivity index is 2.30. The number of aryl methyl sites for hydroxylation is 1. The first-order chi connectivity index (χ1) is 9.13. The summed E-state index contributed by atoms with van der Waals surface area (Å²) in [5.74, 6) is 0. The van der Waals surface area contributed by atoms with Crippen molar-refractivity contribution in [2.75, 3.05) is 11.9 Å². The molecule has 2 N–H and O–H groups in total. The quantitative estimate of drug-likeness (QED) is 0.892. The first-order valence-corrected chi connectivity index (χ1v) is 6.15. The average Bonchev–Trinajstić information content (AvgIpc) is 2.45. The molecule has 1 heterocycles. The summed E-state index contributed by atoms with van der Waals surface area (Å²) in [5.41, 5.74) is 0.936. The highest BCUT2D eigenvalue weighted by atomic mass is 35.5. The molecular formula is C13H14ClN3O2. The predicted octanol–water partition coefficient (Wildman–Crippen LogP) is 1.58. The minimum atomic E-state index is -0.378. The van der Waals surface area contributed by atoms with Crippen molar-refractivity contribution in [1.82, 2.24) is 9.78 Å². The molecule has 1 aromatic carbocycles. The summed E-state index contributed by atoms with van der Waals surface area (Å²) in [7, 11) is 1.53. The van der Waals surface area contributed by atoms with E-state index in [1.807, 2.05) is 30.3 Å². The standard InChI is InChI=1S/C13H14ClN3O2/c1-17-13(19)12(14)10(7-15-17)16-11(8-18)9-5-3-2-4-6-9/h2-7,11,16,18H,8H2,1H3. The van der Waals surface area contributed by atoms with Gasteiger partial charge in [0.2, 0.25) is 0 Å². The topological polar surface area (TPSA) is 67.2 Å². The Morgan fingerprint density at radius 1 is 1.42 bits per heavy atom. The van der Waals surface area contributed by atoms with Crippen LogP contribution in [-0.4, -0.2) is 21.5 Å².